The van der Waals surface area contributed by atoms with Gasteiger partial charge in [-0.25, -0.2) is 0 Å². The monoisotopic (exact) mass is 269 g/mol. The molecule has 0 spiro atoms. The SMILES string of the molecule is CC(CNc1ccc2c(c1)OCCO2)c1ccccc1. The van der Waals surface area contributed by atoms with Crippen molar-refractivity contribution < 1.29 is 9.47 Å². The van der Waals surface area contributed by atoms with Gasteiger partial charge in [-0.2, -0.15) is 0 Å². The average Bonchev–Trinajstić information content (AvgIpc) is 2.53. The van der Waals surface area contributed by atoms with Crippen LogP contribution < -0.4 is 14.8 Å². The molecule has 0 fully saturated rings. The summed E-state index contributed by atoms with van der Waals surface area (Å²) in [5.74, 6) is 2.12. The van der Waals surface area contributed by atoms with Crippen molar-refractivity contribution >= 4 is 5.69 Å². The molecule has 104 valence electrons. The lowest BCUT2D eigenvalue weighted by Crippen LogP contribution is -2.16. The second-order valence-electron chi connectivity index (χ2n) is 5.05. The highest BCUT2D eigenvalue weighted by molar-refractivity contribution is 5.55. The van der Waals surface area contributed by atoms with E-state index in [1.807, 2.05) is 24.3 Å². The van der Waals surface area contributed by atoms with Crippen LogP contribution in [-0.2, 0) is 0 Å². The number of nitrogens with one attached hydrogen (secondary N) is 1. The molecule has 0 saturated carbocycles. The smallest absolute Gasteiger partial charge is 0.163 e. The topological polar surface area (TPSA) is 30.5 Å². The van der Waals surface area contributed by atoms with E-state index in [4.69, 9.17) is 9.47 Å². The predicted molar refractivity (Wildman–Crippen MR) is 80.8 cm³/mol. The van der Waals surface area contributed by atoms with E-state index >= 15 is 0 Å². The van der Waals surface area contributed by atoms with Gasteiger partial charge >= 0.3 is 0 Å². The Morgan fingerprint density at radius 2 is 1.75 bits per heavy atom. The van der Waals surface area contributed by atoms with Crippen LogP contribution in [-0.4, -0.2) is 19.8 Å². The van der Waals surface area contributed by atoms with E-state index < -0.39 is 0 Å². The van der Waals surface area contributed by atoms with Crippen LogP contribution in [0.3, 0.4) is 0 Å². The first-order valence-electron chi connectivity index (χ1n) is 7.01. The molecule has 0 bridgehead atoms. The van der Waals surface area contributed by atoms with Crippen LogP contribution in [0.4, 0.5) is 5.69 Å². The average molecular weight is 269 g/mol. The maximum absolute atomic E-state index is 5.59. The van der Waals surface area contributed by atoms with E-state index in [2.05, 4.69) is 36.5 Å². The van der Waals surface area contributed by atoms with Crippen LogP contribution in [0.1, 0.15) is 18.4 Å². The van der Waals surface area contributed by atoms with Crippen molar-refractivity contribution in [2.75, 3.05) is 25.1 Å². The second kappa shape index (κ2) is 5.87. The Labute approximate surface area is 119 Å². The van der Waals surface area contributed by atoms with Crippen molar-refractivity contribution in [2.24, 2.45) is 0 Å². The number of anilines is 1. The molecule has 3 rings (SSSR count). The van der Waals surface area contributed by atoms with Gasteiger partial charge in [0.2, 0.25) is 0 Å². The van der Waals surface area contributed by atoms with Crippen LogP contribution in [0.15, 0.2) is 48.5 Å². The number of hydrogen-bond acceptors (Lipinski definition) is 3. The maximum Gasteiger partial charge on any atom is 0.163 e. The van der Waals surface area contributed by atoms with E-state index in [0.29, 0.717) is 19.1 Å². The molecule has 3 nitrogen and oxygen atoms in total. The minimum Gasteiger partial charge on any atom is -0.486 e. The third kappa shape index (κ3) is 2.87. The lowest BCUT2D eigenvalue weighted by atomic mass is 10.0. The molecule has 0 radical (unpaired) electrons. The summed E-state index contributed by atoms with van der Waals surface area (Å²) in [5.41, 5.74) is 2.41. The van der Waals surface area contributed by atoms with Gasteiger partial charge in [0.25, 0.3) is 0 Å². The Balaban J connectivity index is 1.64. The summed E-state index contributed by atoms with van der Waals surface area (Å²) >= 11 is 0. The molecule has 1 heterocycles. The molecule has 1 aliphatic heterocycles. The third-order valence-corrected chi connectivity index (χ3v) is 3.52. The Kier molecular flexibility index (Phi) is 3.77. The highest BCUT2D eigenvalue weighted by atomic mass is 16.6. The van der Waals surface area contributed by atoms with Gasteiger partial charge in [-0.15, -0.1) is 0 Å². The maximum atomic E-state index is 5.59. The standard InChI is InChI=1S/C17H19NO2/c1-13(14-5-3-2-4-6-14)12-18-15-7-8-16-17(11-15)20-10-9-19-16/h2-8,11,13,18H,9-10,12H2,1H3. The minimum atomic E-state index is 0.462. The molecular weight excluding hydrogens is 250 g/mol. The first-order chi connectivity index (χ1) is 9.83. The second-order valence-corrected chi connectivity index (χ2v) is 5.05. The number of hydrogen-bond donors (Lipinski definition) is 1. The summed E-state index contributed by atoms with van der Waals surface area (Å²) in [6, 6.07) is 16.5. The molecule has 3 heteroatoms. The highest BCUT2D eigenvalue weighted by Crippen LogP contribution is 2.32. The van der Waals surface area contributed by atoms with Crippen molar-refractivity contribution in [3.8, 4) is 11.5 Å². The summed E-state index contributed by atoms with van der Waals surface area (Å²) in [5, 5.41) is 3.46. The summed E-state index contributed by atoms with van der Waals surface area (Å²) in [4.78, 5) is 0. The van der Waals surface area contributed by atoms with Gasteiger partial charge in [0.15, 0.2) is 11.5 Å². The minimum absolute atomic E-state index is 0.462. The third-order valence-electron chi connectivity index (χ3n) is 3.52. The van der Waals surface area contributed by atoms with Crippen molar-refractivity contribution in [1.82, 2.24) is 0 Å². The number of rotatable bonds is 4. The molecule has 0 amide bonds. The fourth-order valence-electron chi connectivity index (χ4n) is 2.32. The number of benzene rings is 2. The fraction of sp³-hybridized carbons (Fsp3) is 0.294. The molecule has 2 aromatic carbocycles. The van der Waals surface area contributed by atoms with Crippen molar-refractivity contribution in [2.45, 2.75) is 12.8 Å². The first kappa shape index (κ1) is 12.9. The van der Waals surface area contributed by atoms with E-state index in [-0.39, 0.29) is 0 Å². The predicted octanol–water partition coefficient (Wildman–Crippen LogP) is 3.67. The number of ether oxygens (including phenoxy) is 2. The molecule has 0 aliphatic carbocycles. The van der Waals surface area contributed by atoms with Crippen LogP contribution in [0.25, 0.3) is 0 Å². The molecule has 0 saturated heterocycles. The summed E-state index contributed by atoms with van der Waals surface area (Å²) in [7, 11) is 0. The van der Waals surface area contributed by atoms with Gasteiger partial charge in [0, 0.05) is 18.3 Å². The molecule has 0 aromatic heterocycles. The Morgan fingerprint density at radius 3 is 2.55 bits per heavy atom. The molecule has 2 aromatic rings. The van der Waals surface area contributed by atoms with Crippen molar-refractivity contribution in [1.29, 1.82) is 0 Å². The molecule has 1 aliphatic rings. The summed E-state index contributed by atoms with van der Waals surface area (Å²) < 4.78 is 11.1. The van der Waals surface area contributed by atoms with Crippen LogP contribution >= 0.6 is 0 Å². The first-order valence-corrected chi connectivity index (χ1v) is 7.01. The molecule has 1 N–H and O–H groups in total. The van der Waals surface area contributed by atoms with Crippen LogP contribution in [0.2, 0.25) is 0 Å². The van der Waals surface area contributed by atoms with Crippen molar-refractivity contribution in [3.63, 3.8) is 0 Å². The summed E-state index contributed by atoms with van der Waals surface area (Å²) in [6.07, 6.45) is 0. The zero-order chi connectivity index (χ0) is 13.8. The van der Waals surface area contributed by atoms with Crippen molar-refractivity contribution in [3.05, 3.63) is 54.1 Å². The summed E-state index contributed by atoms with van der Waals surface area (Å²) in [6.45, 7) is 4.37. The lowest BCUT2D eigenvalue weighted by Gasteiger charge is -2.20. The largest absolute Gasteiger partial charge is 0.486 e. The van der Waals surface area contributed by atoms with Gasteiger partial charge in [0.05, 0.1) is 0 Å². The van der Waals surface area contributed by atoms with Gasteiger partial charge in [-0.05, 0) is 23.6 Å². The normalized spacial score (nSPS) is 14.7. The molecule has 1 unspecified atom stereocenters. The Hall–Kier alpha value is -2.16. The van der Waals surface area contributed by atoms with Gasteiger partial charge < -0.3 is 14.8 Å². The van der Waals surface area contributed by atoms with Gasteiger partial charge in [-0.1, -0.05) is 37.3 Å². The lowest BCUT2D eigenvalue weighted by molar-refractivity contribution is 0.171. The molecular formula is C17H19NO2. The molecule has 20 heavy (non-hydrogen) atoms. The van der Waals surface area contributed by atoms with Gasteiger partial charge in [0.1, 0.15) is 13.2 Å². The molecule has 1 atom stereocenters. The zero-order valence-electron chi connectivity index (χ0n) is 11.6. The Morgan fingerprint density at radius 1 is 1.00 bits per heavy atom. The fourth-order valence-corrected chi connectivity index (χ4v) is 2.32. The van der Waals surface area contributed by atoms with E-state index in [1.54, 1.807) is 0 Å². The van der Waals surface area contributed by atoms with E-state index in [9.17, 15) is 0 Å². The Bertz CT molecular complexity index is 568. The van der Waals surface area contributed by atoms with Crippen LogP contribution in [0, 0.1) is 0 Å². The zero-order valence-corrected chi connectivity index (χ0v) is 11.6. The quantitative estimate of drug-likeness (QED) is 0.918. The van der Waals surface area contributed by atoms with E-state index in [1.165, 1.54) is 5.56 Å². The van der Waals surface area contributed by atoms with E-state index in [0.717, 1.165) is 23.7 Å². The van der Waals surface area contributed by atoms with Crippen LogP contribution in [0.5, 0.6) is 11.5 Å². The number of fused-ring (bicyclic) bond motifs is 1. The van der Waals surface area contributed by atoms with Gasteiger partial charge in [-0.3, -0.25) is 0 Å². The highest BCUT2D eigenvalue weighted by Gasteiger charge is 2.12.